The highest BCUT2D eigenvalue weighted by Gasteiger charge is 2.35. The predicted molar refractivity (Wildman–Crippen MR) is 92.4 cm³/mol. The van der Waals surface area contributed by atoms with Crippen molar-refractivity contribution in [1.29, 1.82) is 0 Å². The van der Waals surface area contributed by atoms with Crippen molar-refractivity contribution in [2.75, 3.05) is 38.4 Å². The fourth-order valence-corrected chi connectivity index (χ4v) is 5.01. The van der Waals surface area contributed by atoms with Gasteiger partial charge in [-0.3, -0.25) is 4.79 Å². The van der Waals surface area contributed by atoms with Crippen LogP contribution in [0.5, 0.6) is 17.2 Å². The standard InChI is InChI=1S/C17H23NO6S/c1-3-5-18(13-4-8-25(20,21)11-13)17(19)12-9-14(22-2)16-15(10-12)23-6-7-24-16/h9-10,13H,3-8,11H2,1-2H3/t13-/m0/s1. The molecule has 0 radical (unpaired) electrons. The zero-order chi connectivity index (χ0) is 18.0. The second-order valence-electron chi connectivity index (χ2n) is 6.26. The van der Waals surface area contributed by atoms with Gasteiger partial charge in [-0.15, -0.1) is 0 Å². The molecule has 3 rings (SSSR count). The summed E-state index contributed by atoms with van der Waals surface area (Å²) in [5, 5.41) is 0. The van der Waals surface area contributed by atoms with E-state index in [1.54, 1.807) is 17.0 Å². The van der Waals surface area contributed by atoms with Gasteiger partial charge in [0.1, 0.15) is 13.2 Å². The van der Waals surface area contributed by atoms with Crippen LogP contribution in [0.2, 0.25) is 0 Å². The third-order valence-corrected chi connectivity index (χ3v) is 6.20. The number of carbonyl (C=O) groups is 1. The summed E-state index contributed by atoms with van der Waals surface area (Å²) in [4.78, 5) is 14.7. The molecule has 0 unspecified atom stereocenters. The highest BCUT2D eigenvalue weighted by molar-refractivity contribution is 7.91. The number of carbonyl (C=O) groups excluding carboxylic acids is 1. The molecule has 1 saturated heterocycles. The molecule has 0 aliphatic carbocycles. The van der Waals surface area contributed by atoms with Crippen LogP contribution in [0.1, 0.15) is 30.1 Å². The van der Waals surface area contributed by atoms with Crippen molar-refractivity contribution < 1.29 is 27.4 Å². The molecule has 25 heavy (non-hydrogen) atoms. The number of hydrogen-bond acceptors (Lipinski definition) is 6. The molecule has 0 bridgehead atoms. The van der Waals surface area contributed by atoms with Gasteiger partial charge in [0.15, 0.2) is 21.3 Å². The van der Waals surface area contributed by atoms with Crippen LogP contribution in [-0.4, -0.2) is 63.6 Å². The van der Waals surface area contributed by atoms with Crippen LogP contribution < -0.4 is 14.2 Å². The van der Waals surface area contributed by atoms with Gasteiger partial charge in [0.25, 0.3) is 5.91 Å². The van der Waals surface area contributed by atoms with E-state index >= 15 is 0 Å². The Hall–Kier alpha value is -1.96. The van der Waals surface area contributed by atoms with Crippen LogP contribution in [-0.2, 0) is 9.84 Å². The Labute approximate surface area is 147 Å². The van der Waals surface area contributed by atoms with Gasteiger partial charge in [-0.2, -0.15) is 0 Å². The van der Waals surface area contributed by atoms with Crippen molar-refractivity contribution in [1.82, 2.24) is 4.90 Å². The van der Waals surface area contributed by atoms with Crippen molar-refractivity contribution >= 4 is 15.7 Å². The SMILES string of the molecule is CCCN(C(=O)c1cc(OC)c2c(c1)OCCO2)[C@H]1CCS(=O)(=O)C1. The molecule has 0 aromatic heterocycles. The van der Waals surface area contributed by atoms with Crippen LogP contribution in [0.3, 0.4) is 0 Å². The van der Waals surface area contributed by atoms with Gasteiger partial charge in [0.05, 0.1) is 18.6 Å². The summed E-state index contributed by atoms with van der Waals surface area (Å²) >= 11 is 0. The van der Waals surface area contributed by atoms with Gasteiger partial charge in [-0.1, -0.05) is 6.92 Å². The van der Waals surface area contributed by atoms with E-state index in [1.165, 1.54) is 7.11 Å². The van der Waals surface area contributed by atoms with E-state index in [1.807, 2.05) is 6.92 Å². The Balaban J connectivity index is 1.92. The molecule has 2 aliphatic heterocycles. The number of benzene rings is 1. The van der Waals surface area contributed by atoms with E-state index in [9.17, 15) is 13.2 Å². The molecular formula is C17H23NO6S. The van der Waals surface area contributed by atoms with E-state index in [0.717, 1.165) is 6.42 Å². The average molecular weight is 369 g/mol. The number of sulfone groups is 1. The first kappa shape index (κ1) is 17.8. The molecule has 2 aliphatic rings. The Morgan fingerprint density at radius 2 is 2.08 bits per heavy atom. The Bertz CT molecular complexity index is 743. The van der Waals surface area contributed by atoms with Gasteiger partial charge in [0, 0.05) is 18.2 Å². The van der Waals surface area contributed by atoms with Crippen LogP contribution in [0.15, 0.2) is 12.1 Å². The summed E-state index contributed by atoms with van der Waals surface area (Å²) in [6.07, 6.45) is 1.24. The minimum absolute atomic E-state index is 0.0282. The molecule has 0 saturated carbocycles. The maximum Gasteiger partial charge on any atom is 0.254 e. The molecule has 8 heteroatoms. The molecule has 1 amide bonds. The Morgan fingerprint density at radius 1 is 1.32 bits per heavy atom. The number of fused-ring (bicyclic) bond motifs is 1. The van der Waals surface area contributed by atoms with E-state index in [2.05, 4.69) is 0 Å². The molecular weight excluding hydrogens is 346 g/mol. The third-order valence-electron chi connectivity index (χ3n) is 4.45. The van der Waals surface area contributed by atoms with E-state index in [-0.39, 0.29) is 23.5 Å². The highest BCUT2D eigenvalue weighted by Crippen LogP contribution is 2.40. The molecule has 1 atom stereocenters. The molecule has 1 fully saturated rings. The quantitative estimate of drug-likeness (QED) is 0.782. The van der Waals surface area contributed by atoms with E-state index in [4.69, 9.17) is 14.2 Å². The lowest BCUT2D eigenvalue weighted by Crippen LogP contribution is -2.41. The second kappa shape index (κ2) is 7.11. The van der Waals surface area contributed by atoms with Crippen molar-refractivity contribution in [3.63, 3.8) is 0 Å². The summed E-state index contributed by atoms with van der Waals surface area (Å²) in [5.74, 6) is 1.37. The molecule has 2 heterocycles. The summed E-state index contributed by atoms with van der Waals surface area (Å²) in [6.45, 7) is 3.32. The lowest BCUT2D eigenvalue weighted by atomic mass is 10.1. The molecule has 138 valence electrons. The minimum Gasteiger partial charge on any atom is -0.493 e. The first-order valence-corrected chi connectivity index (χ1v) is 10.3. The molecule has 0 N–H and O–H groups in total. The number of hydrogen-bond donors (Lipinski definition) is 0. The highest BCUT2D eigenvalue weighted by atomic mass is 32.2. The van der Waals surface area contributed by atoms with Crippen molar-refractivity contribution in [3.8, 4) is 17.2 Å². The Kier molecular flexibility index (Phi) is 5.08. The van der Waals surface area contributed by atoms with Gasteiger partial charge in [-0.25, -0.2) is 8.42 Å². The molecule has 1 aromatic carbocycles. The lowest BCUT2D eigenvalue weighted by molar-refractivity contribution is 0.0695. The zero-order valence-corrected chi connectivity index (χ0v) is 15.3. The first-order chi connectivity index (χ1) is 11.9. The van der Waals surface area contributed by atoms with Crippen LogP contribution in [0.4, 0.5) is 0 Å². The fraction of sp³-hybridized carbons (Fsp3) is 0.588. The van der Waals surface area contributed by atoms with Crippen LogP contribution in [0.25, 0.3) is 0 Å². The maximum absolute atomic E-state index is 13.1. The van der Waals surface area contributed by atoms with Gasteiger partial charge in [0.2, 0.25) is 5.75 Å². The normalized spacial score (nSPS) is 21.0. The number of rotatable bonds is 5. The summed E-state index contributed by atoms with van der Waals surface area (Å²) in [6, 6.07) is 2.99. The largest absolute Gasteiger partial charge is 0.493 e. The minimum atomic E-state index is -3.06. The number of ether oxygens (including phenoxy) is 3. The number of methoxy groups -OCH3 is 1. The summed E-state index contributed by atoms with van der Waals surface area (Å²) in [7, 11) is -1.56. The lowest BCUT2D eigenvalue weighted by Gasteiger charge is -2.29. The summed E-state index contributed by atoms with van der Waals surface area (Å²) < 4.78 is 40.1. The van der Waals surface area contributed by atoms with Crippen LogP contribution >= 0.6 is 0 Å². The summed E-state index contributed by atoms with van der Waals surface area (Å²) in [5.41, 5.74) is 0.416. The zero-order valence-electron chi connectivity index (χ0n) is 14.5. The predicted octanol–water partition coefficient (Wildman–Crippen LogP) is 1.51. The van der Waals surface area contributed by atoms with Gasteiger partial charge < -0.3 is 19.1 Å². The topological polar surface area (TPSA) is 82.1 Å². The van der Waals surface area contributed by atoms with E-state index in [0.29, 0.717) is 49.0 Å². The second-order valence-corrected chi connectivity index (χ2v) is 8.49. The average Bonchev–Trinajstić information content (AvgIpc) is 2.97. The van der Waals surface area contributed by atoms with Crippen LogP contribution in [0, 0.1) is 0 Å². The monoisotopic (exact) mass is 369 g/mol. The number of amides is 1. The van der Waals surface area contributed by atoms with Crippen molar-refractivity contribution in [3.05, 3.63) is 17.7 Å². The smallest absolute Gasteiger partial charge is 0.254 e. The maximum atomic E-state index is 13.1. The third kappa shape index (κ3) is 3.68. The number of nitrogens with zero attached hydrogens (tertiary/aromatic N) is 1. The van der Waals surface area contributed by atoms with Gasteiger partial charge in [-0.05, 0) is 25.0 Å². The van der Waals surface area contributed by atoms with Crippen molar-refractivity contribution in [2.24, 2.45) is 0 Å². The fourth-order valence-electron chi connectivity index (χ4n) is 3.27. The molecule has 1 aromatic rings. The van der Waals surface area contributed by atoms with Crippen molar-refractivity contribution in [2.45, 2.75) is 25.8 Å². The Morgan fingerprint density at radius 3 is 2.72 bits per heavy atom. The van der Waals surface area contributed by atoms with Gasteiger partial charge >= 0.3 is 0 Å². The molecule has 0 spiro atoms. The molecule has 7 nitrogen and oxygen atoms in total. The van der Waals surface area contributed by atoms with E-state index < -0.39 is 9.84 Å². The first-order valence-electron chi connectivity index (χ1n) is 8.44.